The van der Waals surface area contributed by atoms with E-state index in [1.807, 2.05) is 43.5 Å². The molecule has 1 aromatic carbocycles. The Hall–Kier alpha value is -2.04. The average molecular weight is 275 g/mol. The Kier molecular flexibility index (Phi) is 4.27. The van der Waals surface area contributed by atoms with Crippen LogP contribution in [0.4, 0.5) is 5.69 Å². The summed E-state index contributed by atoms with van der Waals surface area (Å²) < 4.78 is 7.14. The van der Waals surface area contributed by atoms with Crippen molar-refractivity contribution in [1.29, 1.82) is 0 Å². The number of carbonyl (C=O) groups is 1. The lowest BCUT2D eigenvalue weighted by molar-refractivity contribution is -0.147. The summed E-state index contributed by atoms with van der Waals surface area (Å²) >= 11 is 0. The van der Waals surface area contributed by atoms with Crippen molar-refractivity contribution >= 4 is 22.7 Å². The predicted molar refractivity (Wildman–Crippen MR) is 79.5 cm³/mol. The number of nitrogen functional groups attached to an aromatic ring is 1. The molecule has 0 radical (unpaired) electrons. The van der Waals surface area contributed by atoms with Gasteiger partial charge in [0.1, 0.15) is 17.4 Å². The lowest BCUT2D eigenvalue weighted by Gasteiger charge is -2.18. The SMILES string of the molecule is CCOC(=O)C(CC)n1c(CC)nc2c(N)cccc21. The highest BCUT2D eigenvalue weighted by Gasteiger charge is 2.25. The summed E-state index contributed by atoms with van der Waals surface area (Å²) in [6, 6.07) is 5.30. The minimum absolute atomic E-state index is 0.216. The number of ether oxygens (including phenoxy) is 1. The maximum atomic E-state index is 12.2. The van der Waals surface area contributed by atoms with Crippen LogP contribution in [-0.4, -0.2) is 22.1 Å². The van der Waals surface area contributed by atoms with Gasteiger partial charge < -0.3 is 15.0 Å². The van der Waals surface area contributed by atoms with Gasteiger partial charge in [-0.15, -0.1) is 0 Å². The van der Waals surface area contributed by atoms with Crippen LogP contribution in [-0.2, 0) is 16.0 Å². The van der Waals surface area contributed by atoms with Crippen molar-refractivity contribution in [3.05, 3.63) is 24.0 Å². The minimum Gasteiger partial charge on any atom is -0.464 e. The second-order valence-electron chi connectivity index (χ2n) is 4.64. The standard InChI is InChI=1S/C15H21N3O2/c1-4-11(15(19)20-6-3)18-12-9-7-8-10(16)14(12)17-13(18)5-2/h7-9,11H,4-6,16H2,1-3H3. The Morgan fingerprint density at radius 2 is 2.15 bits per heavy atom. The zero-order chi connectivity index (χ0) is 14.7. The molecule has 0 bridgehead atoms. The molecule has 1 unspecified atom stereocenters. The quantitative estimate of drug-likeness (QED) is 0.672. The van der Waals surface area contributed by atoms with E-state index in [2.05, 4.69) is 4.98 Å². The third kappa shape index (κ3) is 2.35. The summed E-state index contributed by atoms with van der Waals surface area (Å²) in [6.45, 7) is 6.19. The lowest BCUT2D eigenvalue weighted by Crippen LogP contribution is -2.23. The fourth-order valence-corrected chi connectivity index (χ4v) is 2.48. The fourth-order valence-electron chi connectivity index (χ4n) is 2.48. The van der Waals surface area contributed by atoms with Gasteiger partial charge in [-0.2, -0.15) is 0 Å². The number of aromatic nitrogens is 2. The third-order valence-electron chi connectivity index (χ3n) is 3.40. The molecule has 2 aromatic rings. The van der Waals surface area contributed by atoms with Gasteiger partial charge in [0.05, 0.1) is 17.8 Å². The molecular formula is C15H21N3O2. The number of rotatable bonds is 5. The number of anilines is 1. The molecule has 0 saturated heterocycles. The predicted octanol–water partition coefficient (Wildman–Crippen LogP) is 2.70. The fraction of sp³-hybridized carbons (Fsp3) is 0.467. The second kappa shape index (κ2) is 5.94. The highest BCUT2D eigenvalue weighted by molar-refractivity contribution is 5.89. The summed E-state index contributed by atoms with van der Waals surface area (Å²) in [5, 5.41) is 0. The Bertz CT molecular complexity index is 619. The molecule has 0 fully saturated rings. The molecular weight excluding hydrogens is 254 g/mol. The van der Waals surface area contributed by atoms with Crippen molar-refractivity contribution in [3.63, 3.8) is 0 Å². The Morgan fingerprint density at radius 3 is 2.75 bits per heavy atom. The number of hydrogen-bond acceptors (Lipinski definition) is 4. The first-order valence-electron chi connectivity index (χ1n) is 7.05. The van der Waals surface area contributed by atoms with Gasteiger partial charge in [-0.05, 0) is 25.5 Å². The normalized spacial score (nSPS) is 12.6. The summed E-state index contributed by atoms with van der Waals surface area (Å²) in [4.78, 5) is 16.7. The van der Waals surface area contributed by atoms with Crippen LogP contribution in [0.5, 0.6) is 0 Å². The van der Waals surface area contributed by atoms with Crippen LogP contribution < -0.4 is 5.73 Å². The number of esters is 1. The first-order chi connectivity index (χ1) is 9.63. The number of nitrogens with two attached hydrogens (primary N) is 1. The highest BCUT2D eigenvalue weighted by atomic mass is 16.5. The van der Waals surface area contributed by atoms with E-state index in [1.54, 1.807) is 0 Å². The molecule has 0 aliphatic carbocycles. The van der Waals surface area contributed by atoms with Gasteiger partial charge in [-0.25, -0.2) is 9.78 Å². The van der Waals surface area contributed by atoms with Crippen molar-refractivity contribution in [2.75, 3.05) is 12.3 Å². The molecule has 108 valence electrons. The van der Waals surface area contributed by atoms with Crippen LogP contribution in [0.1, 0.15) is 39.1 Å². The van der Waals surface area contributed by atoms with E-state index >= 15 is 0 Å². The van der Waals surface area contributed by atoms with Crippen molar-refractivity contribution in [2.24, 2.45) is 0 Å². The van der Waals surface area contributed by atoms with E-state index in [4.69, 9.17) is 10.5 Å². The lowest BCUT2D eigenvalue weighted by atomic mass is 10.2. The molecule has 2 N–H and O–H groups in total. The number of hydrogen-bond donors (Lipinski definition) is 1. The second-order valence-corrected chi connectivity index (χ2v) is 4.64. The van der Waals surface area contributed by atoms with Crippen molar-refractivity contribution in [3.8, 4) is 0 Å². The first-order valence-corrected chi connectivity index (χ1v) is 7.05. The monoisotopic (exact) mass is 275 g/mol. The maximum absolute atomic E-state index is 12.2. The van der Waals surface area contributed by atoms with E-state index in [0.29, 0.717) is 18.7 Å². The van der Waals surface area contributed by atoms with Crippen LogP contribution in [0.25, 0.3) is 11.0 Å². The largest absolute Gasteiger partial charge is 0.464 e. The molecule has 0 spiro atoms. The first kappa shape index (κ1) is 14.4. The number of carbonyl (C=O) groups excluding carboxylic acids is 1. The van der Waals surface area contributed by atoms with Gasteiger partial charge in [0, 0.05) is 6.42 Å². The highest BCUT2D eigenvalue weighted by Crippen LogP contribution is 2.27. The van der Waals surface area contributed by atoms with Gasteiger partial charge in [0.15, 0.2) is 0 Å². The van der Waals surface area contributed by atoms with E-state index in [-0.39, 0.29) is 12.0 Å². The molecule has 2 rings (SSSR count). The van der Waals surface area contributed by atoms with Gasteiger partial charge in [-0.3, -0.25) is 0 Å². The molecule has 5 heteroatoms. The van der Waals surface area contributed by atoms with Crippen LogP contribution in [0.15, 0.2) is 18.2 Å². The number of benzene rings is 1. The van der Waals surface area contributed by atoms with Gasteiger partial charge in [0.25, 0.3) is 0 Å². The summed E-state index contributed by atoms with van der Waals surface area (Å²) in [6.07, 6.45) is 1.40. The van der Waals surface area contributed by atoms with Crippen LogP contribution in [0, 0.1) is 0 Å². The van der Waals surface area contributed by atoms with E-state index in [0.717, 1.165) is 23.3 Å². The Morgan fingerprint density at radius 1 is 1.40 bits per heavy atom. The van der Waals surface area contributed by atoms with Crippen LogP contribution >= 0.6 is 0 Å². The van der Waals surface area contributed by atoms with Gasteiger partial charge >= 0.3 is 5.97 Å². The molecule has 20 heavy (non-hydrogen) atoms. The smallest absolute Gasteiger partial charge is 0.329 e. The number of para-hydroxylation sites is 1. The number of nitrogens with zero attached hydrogens (tertiary/aromatic N) is 2. The molecule has 1 heterocycles. The molecule has 1 aromatic heterocycles. The van der Waals surface area contributed by atoms with E-state index < -0.39 is 0 Å². The topological polar surface area (TPSA) is 70.1 Å². The molecule has 0 amide bonds. The van der Waals surface area contributed by atoms with Crippen molar-refractivity contribution in [1.82, 2.24) is 9.55 Å². The molecule has 1 atom stereocenters. The average Bonchev–Trinajstić information content (AvgIpc) is 2.80. The molecule has 5 nitrogen and oxygen atoms in total. The van der Waals surface area contributed by atoms with Crippen LogP contribution in [0.2, 0.25) is 0 Å². The summed E-state index contributed by atoms with van der Waals surface area (Å²) in [5.41, 5.74) is 8.26. The Balaban J connectivity index is 2.61. The van der Waals surface area contributed by atoms with Crippen molar-refractivity contribution in [2.45, 2.75) is 39.7 Å². The molecule has 0 saturated carbocycles. The molecule has 0 aliphatic rings. The van der Waals surface area contributed by atoms with E-state index in [9.17, 15) is 4.79 Å². The molecule has 0 aliphatic heterocycles. The van der Waals surface area contributed by atoms with Gasteiger partial charge in [-0.1, -0.05) is 19.9 Å². The number of aryl methyl sites for hydroxylation is 1. The van der Waals surface area contributed by atoms with Gasteiger partial charge in [0.2, 0.25) is 0 Å². The minimum atomic E-state index is -0.350. The zero-order valence-corrected chi connectivity index (χ0v) is 12.2. The van der Waals surface area contributed by atoms with Crippen LogP contribution in [0.3, 0.4) is 0 Å². The third-order valence-corrected chi connectivity index (χ3v) is 3.40. The number of imidazole rings is 1. The van der Waals surface area contributed by atoms with Crippen molar-refractivity contribution < 1.29 is 9.53 Å². The van der Waals surface area contributed by atoms with E-state index in [1.165, 1.54) is 0 Å². The summed E-state index contributed by atoms with van der Waals surface area (Å²) in [7, 11) is 0. The summed E-state index contributed by atoms with van der Waals surface area (Å²) in [5.74, 6) is 0.643. The maximum Gasteiger partial charge on any atom is 0.329 e. The number of fused-ring (bicyclic) bond motifs is 1. The Labute approximate surface area is 118 Å². The zero-order valence-electron chi connectivity index (χ0n) is 12.2.